The molecule has 1 saturated heterocycles. The number of carboxylic acids is 1. The van der Waals surface area contributed by atoms with Crippen LogP contribution in [-0.2, 0) is 6.54 Å². The number of carboxylic acid groups (broad SMARTS) is 1. The van der Waals surface area contributed by atoms with Crippen LogP contribution >= 0.6 is 0 Å². The lowest BCUT2D eigenvalue weighted by Gasteiger charge is -2.18. The van der Waals surface area contributed by atoms with Gasteiger partial charge in [-0.2, -0.15) is 5.10 Å². The van der Waals surface area contributed by atoms with Crippen molar-refractivity contribution in [1.82, 2.24) is 19.7 Å². The van der Waals surface area contributed by atoms with Gasteiger partial charge in [0.1, 0.15) is 5.82 Å². The molecule has 2 aliphatic rings. The summed E-state index contributed by atoms with van der Waals surface area (Å²) in [5, 5.41) is 12.9. The Bertz CT molecular complexity index is 671. The summed E-state index contributed by atoms with van der Waals surface area (Å²) >= 11 is 0. The minimum absolute atomic E-state index is 0.177. The molecular formula is C14H15N5O2. The molecule has 1 aliphatic heterocycles. The highest BCUT2D eigenvalue weighted by Gasteiger charge is 2.45. The Morgan fingerprint density at radius 3 is 2.67 bits per heavy atom. The van der Waals surface area contributed by atoms with E-state index in [0.29, 0.717) is 6.54 Å². The number of aromatic carboxylic acids is 1. The largest absolute Gasteiger partial charge is 0.478 e. The lowest BCUT2D eigenvalue weighted by Crippen LogP contribution is -2.23. The van der Waals surface area contributed by atoms with Crippen LogP contribution in [0.15, 0.2) is 24.8 Å². The van der Waals surface area contributed by atoms with Crippen molar-refractivity contribution in [2.45, 2.75) is 13.0 Å². The van der Waals surface area contributed by atoms with Gasteiger partial charge in [0.05, 0.1) is 36.4 Å². The second-order valence-corrected chi connectivity index (χ2v) is 5.76. The summed E-state index contributed by atoms with van der Waals surface area (Å²) in [4.78, 5) is 21.9. The number of hydrogen-bond acceptors (Lipinski definition) is 5. The van der Waals surface area contributed by atoms with Crippen molar-refractivity contribution in [3.63, 3.8) is 0 Å². The first kappa shape index (κ1) is 12.3. The van der Waals surface area contributed by atoms with Gasteiger partial charge in [0.25, 0.3) is 0 Å². The monoisotopic (exact) mass is 285 g/mol. The average Bonchev–Trinajstić information content (AvgIpc) is 2.90. The van der Waals surface area contributed by atoms with Gasteiger partial charge in [0.2, 0.25) is 0 Å². The van der Waals surface area contributed by atoms with Gasteiger partial charge in [-0.15, -0.1) is 0 Å². The number of carbonyl (C=O) groups is 1. The van der Waals surface area contributed by atoms with Crippen LogP contribution in [0.4, 0.5) is 5.82 Å². The Morgan fingerprint density at radius 2 is 2.05 bits per heavy atom. The Hall–Kier alpha value is -2.44. The number of rotatable bonds is 4. The van der Waals surface area contributed by atoms with Gasteiger partial charge in [-0.25, -0.2) is 9.78 Å². The summed E-state index contributed by atoms with van der Waals surface area (Å²) < 4.78 is 1.55. The van der Waals surface area contributed by atoms with E-state index in [2.05, 4.69) is 20.0 Å². The van der Waals surface area contributed by atoms with Crippen molar-refractivity contribution in [1.29, 1.82) is 0 Å². The molecule has 0 amide bonds. The fourth-order valence-electron chi connectivity index (χ4n) is 2.90. The first-order valence-electron chi connectivity index (χ1n) is 7.00. The van der Waals surface area contributed by atoms with E-state index in [1.54, 1.807) is 17.1 Å². The van der Waals surface area contributed by atoms with Crippen molar-refractivity contribution >= 4 is 11.8 Å². The molecule has 2 fully saturated rings. The summed E-state index contributed by atoms with van der Waals surface area (Å²) in [6.45, 7) is 2.62. The number of nitrogens with zero attached hydrogens (tertiary/aromatic N) is 5. The lowest BCUT2D eigenvalue weighted by molar-refractivity contribution is 0.0697. The van der Waals surface area contributed by atoms with Crippen molar-refractivity contribution in [2.75, 3.05) is 18.0 Å². The average molecular weight is 285 g/mol. The minimum atomic E-state index is -0.977. The maximum Gasteiger partial charge on any atom is 0.338 e. The maximum atomic E-state index is 10.8. The van der Waals surface area contributed by atoms with E-state index in [1.165, 1.54) is 18.8 Å². The molecule has 7 heteroatoms. The van der Waals surface area contributed by atoms with Crippen molar-refractivity contribution in [2.24, 2.45) is 11.8 Å². The molecule has 0 radical (unpaired) electrons. The third kappa shape index (κ3) is 2.35. The molecule has 0 aromatic carbocycles. The van der Waals surface area contributed by atoms with E-state index in [-0.39, 0.29) is 5.56 Å². The number of piperidine rings is 1. The van der Waals surface area contributed by atoms with Crippen LogP contribution in [0.2, 0.25) is 0 Å². The summed E-state index contributed by atoms with van der Waals surface area (Å²) in [6.07, 6.45) is 7.73. The van der Waals surface area contributed by atoms with Crippen LogP contribution in [0.25, 0.3) is 0 Å². The van der Waals surface area contributed by atoms with Gasteiger partial charge in [0.15, 0.2) is 0 Å². The maximum absolute atomic E-state index is 10.8. The van der Waals surface area contributed by atoms with Gasteiger partial charge in [0, 0.05) is 19.3 Å². The van der Waals surface area contributed by atoms with Crippen LogP contribution in [0, 0.1) is 11.8 Å². The zero-order valence-electron chi connectivity index (χ0n) is 11.4. The van der Waals surface area contributed by atoms with Gasteiger partial charge >= 0.3 is 5.97 Å². The number of anilines is 1. The van der Waals surface area contributed by atoms with Gasteiger partial charge in [-0.05, 0) is 18.3 Å². The Labute approximate surface area is 121 Å². The molecule has 2 aromatic rings. The van der Waals surface area contributed by atoms with E-state index in [0.717, 1.165) is 36.4 Å². The molecule has 7 nitrogen and oxygen atoms in total. The van der Waals surface area contributed by atoms with E-state index in [4.69, 9.17) is 5.11 Å². The Morgan fingerprint density at radius 1 is 1.24 bits per heavy atom. The Kier molecular flexibility index (Phi) is 2.66. The van der Waals surface area contributed by atoms with Gasteiger partial charge in [-0.3, -0.25) is 9.67 Å². The molecular weight excluding hydrogens is 270 g/mol. The molecule has 3 heterocycles. The predicted molar refractivity (Wildman–Crippen MR) is 74.1 cm³/mol. The van der Waals surface area contributed by atoms with E-state index >= 15 is 0 Å². The fourth-order valence-corrected chi connectivity index (χ4v) is 2.90. The molecule has 2 unspecified atom stereocenters. The molecule has 2 atom stereocenters. The lowest BCUT2D eigenvalue weighted by atomic mass is 10.4. The first-order chi connectivity index (χ1) is 10.2. The first-order valence-corrected chi connectivity index (χ1v) is 7.00. The summed E-state index contributed by atoms with van der Waals surface area (Å²) in [5.74, 6) is 1.68. The summed E-state index contributed by atoms with van der Waals surface area (Å²) in [7, 11) is 0. The Balaban J connectivity index is 1.44. The van der Waals surface area contributed by atoms with Gasteiger partial charge in [-0.1, -0.05) is 0 Å². The third-order valence-corrected chi connectivity index (χ3v) is 4.20. The van der Waals surface area contributed by atoms with E-state index in [9.17, 15) is 4.79 Å². The third-order valence-electron chi connectivity index (χ3n) is 4.20. The van der Waals surface area contributed by atoms with E-state index in [1.807, 2.05) is 0 Å². The minimum Gasteiger partial charge on any atom is -0.478 e. The fraction of sp³-hybridized carbons (Fsp3) is 0.429. The van der Waals surface area contributed by atoms with Crippen molar-refractivity contribution < 1.29 is 9.90 Å². The molecule has 4 rings (SSSR count). The van der Waals surface area contributed by atoms with Gasteiger partial charge < -0.3 is 10.0 Å². The highest BCUT2D eigenvalue weighted by Crippen LogP contribution is 2.45. The van der Waals surface area contributed by atoms with Crippen molar-refractivity contribution in [3.8, 4) is 0 Å². The standard InChI is InChI=1S/C14H15N5O2/c20-14(21)11-2-17-19(7-11)8-12-3-16-13(4-15-12)18-5-9-1-10(9)6-18/h2-4,7,9-10H,1,5-6,8H2,(H,20,21). The number of hydrogen-bond donors (Lipinski definition) is 1. The van der Waals surface area contributed by atoms with Crippen LogP contribution in [-0.4, -0.2) is 43.9 Å². The van der Waals surface area contributed by atoms with Crippen LogP contribution < -0.4 is 4.90 Å². The topological polar surface area (TPSA) is 84.1 Å². The molecule has 1 N–H and O–H groups in total. The van der Waals surface area contributed by atoms with Crippen LogP contribution in [0.5, 0.6) is 0 Å². The summed E-state index contributed by atoms with van der Waals surface area (Å²) in [5.41, 5.74) is 0.944. The zero-order valence-corrected chi connectivity index (χ0v) is 11.4. The zero-order chi connectivity index (χ0) is 14.4. The molecule has 21 heavy (non-hydrogen) atoms. The highest BCUT2D eigenvalue weighted by atomic mass is 16.4. The second kappa shape index (κ2) is 4.54. The van der Waals surface area contributed by atoms with Crippen LogP contribution in [0.1, 0.15) is 22.5 Å². The van der Waals surface area contributed by atoms with Crippen LogP contribution in [0.3, 0.4) is 0 Å². The molecule has 1 aliphatic carbocycles. The predicted octanol–water partition coefficient (Wildman–Crippen LogP) is 0.876. The molecule has 0 bridgehead atoms. The smallest absolute Gasteiger partial charge is 0.338 e. The normalized spacial score (nSPS) is 23.1. The van der Waals surface area contributed by atoms with E-state index < -0.39 is 5.97 Å². The molecule has 0 spiro atoms. The SMILES string of the molecule is O=C(O)c1cnn(Cc2cnc(N3CC4CC4C3)cn2)c1. The quantitative estimate of drug-likeness (QED) is 0.897. The molecule has 2 aromatic heterocycles. The summed E-state index contributed by atoms with van der Waals surface area (Å²) in [6, 6.07) is 0. The molecule has 1 saturated carbocycles. The molecule has 108 valence electrons. The highest BCUT2D eigenvalue weighted by molar-refractivity contribution is 5.86. The number of aromatic nitrogens is 4. The van der Waals surface area contributed by atoms with Crippen molar-refractivity contribution in [3.05, 3.63) is 36.0 Å². The number of fused-ring (bicyclic) bond motifs is 1. The second-order valence-electron chi connectivity index (χ2n) is 5.76.